The summed E-state index contributed by atoms with van der Waals surface area (Å²) in [7, 11) is 1.91. The first-order valence-corrected chi connectivity index (χ1v) is 13.0. The summed E-state index contributed by atoms with van der Waals surface area (Å²) in [5.74, 6) is 0.242. The highest BCUT2D eigenvalue weighted by Crippen LogP contribution is 2.42. The van der Waals surface area contributed by atoms with Gasteiger partial charge in [-0.3, -0.25) is 14.4 Å². The Morgan fingerprint density at radius 2 is 1.86 bits per heavy atom. The van der Waals surface area contributed by atoms with Gasteiger partial charge >= 0.3 is 0 Å². The molecule has 7 heteroatoms. The molecule has 0 saturated heterocycles. The summed E-state index contributed by atoms with van der Waals surface area (Å²) in [5.41, 5.74) is 3.76. The highest BCUT2D eigenvalue weighted by atomic mass is 16.2. The van der Waals surface area contributed by atoms with E-state index in [9.17, 15) is 14.4 Å². The van der Waals surface area contributed by atoms with E-state index in [1.54, 1.807) is 0 Å². The number of allylic oxidation sites excluding steroid dienone is 1. The summed E-state index contributed by atoms with van der Waals surface area (Å²) in [6, 6.07) is 7.01. The molecule has 4 N–H and O–H groups in total. The minimum absolute atomic E-state index is 0.106. The number of ketones is 1. The van der Waals surface area contributed by atoms with Crippen molar-refractivity contribution in [2.75, 3.05) is 7.05 Å². The lowest BCUT2D eigenvalue weighted by Gasteiger charge is -2.29. The molecule has 1 aromatic rings. The summed E-state index contributed by atoms with van der Waals surface area (Å²) < 4.78 is 0. The Labute approximate surface area is 208 Å². The maximum absolute atomic E-state index is 13.3. The third-order valence-electron chi connectivity index (χ3n) is 7.52. The SMILES string of the molecule is CNCc1cccc(CNC(=O)C(CCC2CC2)NC(=O)C2NC3=C(C(=O)CC(C)(C)C3)C2C)c1. The standard InChI is InChI=1S/C28H40N4O3/c1-17-24-22(13-28(2,3)14-23(24)33)31-25(17)27(35)32-21(11-10-18-8-9-18)26(34)30-16-20-7-5-6-19(12-20)15-29-4/h5-7,12,17-18,21,25,29,31H,8-11,13-16H2,1-4H3,(H,30,34)(H,32,35). The molecule has 35 heavy (non-hydrogen) atoms. The fourth-order valence-corrected chi connectivity index (χ4v) is 5.47. The number of Topliss-reactive ketones (excluding diaryl/α,β-unsaturated/α-hetero) is 1. The number of carbonyl (C=O) groups excluding carboxylic acids is 3. The van der Waals surface area contributed by atoms with Gasteiger partial charge < -0.3 is 21.3 Å². The second-order valence-corrected chi connectivity index (χ2v) is 11.4. The van der Waals surface area contributed by atoms with Crippen LogP contribution in [0.5, 0.6) is 0 Å². The van der Waals surface area contributed by atoms with E-state index in [-0.39, 0.29) is 28.9 Å². The normalized spacial score (nSPS) is 23.9. The number of rotatable bonds is 10. The van der Waals surface area contributed by atoms with Crippen molar-refractivity contribution in [2.45, 2.75) is 84.5 Å². The van der Waals surface area contributed by atoms with Gasteiger partial charge in [0.2, 0.25) is 11.8 Å². The summed E-state index contributed by atoms with van der Waals surface area (Å²) in [6.45, 7) is 7.30. The molecule has 0 spiro atoms. The highest BCUT2D eigenvalue weighted by molar-refractivity contribution is 6.01. The van der Waals surface area contributed by atoms with E-state index >= 15 is 0 Å². The molecule has 3 aliphatic rings. The zero-order chi connectivity index (χ0) is 25.2. The van der Waals surface area contributed by atoms with Gasteiger partial charge in [0.15, 0.2) is 5.78 Å². The van der Waals surface area contributed by atoms with Crippen molar-refractivity contribution in [1.82, 2.24) is 21.3 Å². The second kappa shape index (κ2) is 10.5. The molecule has 0 bridgehead atoms. The van der Waals surface area contributed by atoms with Crippen LogP contribution in [-0.2, 0) is 27.5 Å². The van der Waals surface area contributed by atoms with Crippen LogP contribution >= 0.6 is 0 Å². The molecule has 1 aromatic carbocycles. The fourth-order valence-electron chi connectivity index (χ4n) is 5.47. The van der Waals surface area contributed by atoms with Gasteiger partial charge in [0.1, 0.15) is 12.1 Å². The minimum Gasteiger partial charge on any atom is -0.376 e. The lowest BCUT2D eigenvalue weighted by Crippen LogP contribution is -2.53. The summed E-state index contributed by atoms with van der Waals surface area (Å²) in [6.07, 6.45) is 5.24. The maximum Gasteiger partial charge on any atom is 0.243 e. The van der Waals surface area contributed by atoms with Crippen LogP contribution in [0.4, 0.5) is 0 Å². The number of amides is 2. The van der Waals surface area contributed by atoms with Crippen LogP contribution in [0, 0.1) is 17.3 Å². The van der Waals surface area contributed by atoms with Crippen molar-refractivity contribution in [3.63, 3.8) is 0 Å². The number of carbonyl (C=O) groups is 3. The van der Waals surface area contributed by atoms with E-state index in [1.807, 2.05) is 26.1 Å². The molecule has 0 aromatic heterocycles. The molecule has 190 valence electrons. The first-order chi connectivity index (χ1) is 16.7. The summed E-state index contributed by atoms with van der Waals surface area (Å²) >= 11 is 0. The topological polar surface area (TPSA) is 99.3 Å². The quantitative estimate of drug-likeness (QED) is 0.413. The van der Waals surface area contributed by atoms with Crippen LogP contribution in [0.15, 0.2) is 35.5 Å². The predicted octanol–water partition coefficient (Wildman–Crippen LogP) is 2.95. The van der Waals surface area contributed by atoms with Crippen molar-refractivity contribution < 1.29 is 14.4 Å². The number of hydrogen-bond acceptors (Lipinski definition) is 5. The smallest absolute Gasteiger partial charge is 0.243 e. The van der Waals surface area contributed by atoms with Gasteiger partial charge in [-0.15, -0.1) is 0 Å². The minimum atomic E-state index is -0.581. The first-order valence-electron chi connectivity index (χ1n) is 13.0. The molecule has 0 radical (unpaired) electrons. The van der Waals surface area contributed by atoms with Crippen LogP contribution in [0.25, 0.3) is 0 Å². The molecule has 4 rings (SSSR count). The zero-order valence-corrected chi connectivity index (χ0v) is 21.5. The Hall–Kier alpha value is -2.67. The van der Waals surface area contributed by atoms with Crippen molar-refractivity contribution in [2.24, 2.45) is 17.3 Å². The number of nitrogens with one attached hydrogen (secondary N) is 4. The molecule has 3 atom stereocenters. The molecule has 1 aliphatic heterocycles. The van der Waals surface area contributed by atoms with E-state index in [4.69, 9.17) is 0 Å². The third kappa shape index (κ3) is 6.31. The van der Waals surface area contributed by atoms with Crippen LogP contribution in [0.2, 0.25) is 0 Å². The monoisotopic (exact) mass is 480 g/mol. The van der Waals surface area contributed by atoms with Crippen molar-refractivity contribution in [1.29, 1.82) is 0 Å². The molecule has 2 aliphatic carbocycles. The highest BCUT2D eigenvalue weighted by Gasteiger charge is 2.44. The molecule has 1 heterocycles. The number of benzene rings is 1. The van der Waals surface area contributed by atoms with Crippen LogP contribution in [0.1, 0.15) is 70.4 Å². The molecule has 1 fully saturated rings. The van der Waals surface area contributed by atoms with Gasteiger partial charge in [-0.05, 0) is 48.8 Å². The van der Waals surface area contributed by atoms with E-state index in [0.29, 0.717) is 25.3 Å². The summed E-state index contributed by atoms with van der Waals surface area (Å²) in [5, 5.41) is 12.5. The Balaban J connectivity index is 1.39. The average molecular weight is 481 g/mol. The Kier molecular flexibility index (Phi) is 7.64. The third-order valence-corrected chi connectivity index (χ3v) is 7.52. The van der Waals surface area contributed by atoms with Gasteiger partial charge in [-0.25, -0.2) is 0 Å². The molecule has 3 unspecified atom stereocenters. The predicted molar refractivity (Wildman–Crippen MR) is 136 cm³/mol. The lowest BCUT2D eigenvalue weighted by molar-refractivity contribution is -0.130. The maximum atomic E-state index is 13.3. The molecular weight excluding hydrogens is 440 g/mol. The number of hydrogen-bond donors (Lipinski definition) is 4. The second-order valence-electron chi connectivity index (χ2n) is 11.4. The Bertz CT molecular complexity index is 1010. The van der Waals surface area contributed by atoms with Crippen LogP contribution in [0.3, 0.4) is 0 Å². The van der Waals surface area contributed by atoms with E-state index in [0.717, 1.165) is 41.8 Å². The van der Waals surface area contributed by atoms with Gasteiger partial charge in [0.05, 0.1) is 0 Å². The van der Waals surface area contributed by atoms with Crippen molar-refractivity contribution >= 4 is 17.6 Å². The van der Waals surface area contributed by atoms with E-state index in [2.05, 4.69) is 47.2 Å². The Morgan fingerprint density at radius 1 is 1.14 bits per heavy atom. The molecular formula is C28H40N4O3. The van der Waals surface area contributed by atoms with Gasteiger partial charge in [0.25, 0.3) is 0 Å². The zero-order valence-electron chi connectivity index (χ0n) is 21.5. The Morgan fingerprint density at radius 3 is 2.54 bits per heavy atom. The van der Waals surface area contributed by atoms with Crippen molar-refractivity contribution in [3.05, 3.63) is 46.7 Å². The van der Waals surface area contributed by atoms with Gasteiger partial charge in [-0.1, -0.05) is 57.9 Å². The fraction of sp³-hybridized carbons (Fsp3) is 0.607. The van der Waals surface area contributed by atoms with E-state index in [1.165, 1.54) is 12.8 Å². The first kappa shape index (κ1) is 25.4. The van der Waals surface area contributed by atoms with E-state index < -0.39 is 12.1 Å². The molecule has 1 saturated carbocycles. The average Bonchev–Trinajstić information content (AvgIpc) is 3.56. The van der Waals surface area contributed by atoms with Crippen LogP contribution in [-0.4, -0.2) is 36.7 Å². The van der Waals surface area contributed by atoms with Gasteiger partial charge in [-0.2, -0.15) is 0 Å². The van der Waals surface area contributed by atoms with Gasteiger partial charge in [0, 0.05) is 36.7 Å². The molecule has 2 amide bonds. The van der Waals surface area contributed by atoms with Crippen molar-refractivity contribution in [3.8, 4) is 0 Å². The lowest BCUT2D eigenvalue weighted by atomic mass is 9.74. The van der Waals surface area contributed by atoms with Crippen LogP contribution < -0.4 is 21.3 Å². The summed E-state index contributed by atoms with van der Waals surface area (Å²) in [4.78, 5) is 39.3. The molecule has 7 nitrogen and oxygen atoms in total. The largest absolute Gasteiger partial charge is 0.376 e.